The Bertz CT molecular complexity index is 628. The molecule has 0 spiro atoms. The summed E-state index contributed by atoms with van der Waals surface area (Å²) in [7, 11) is 0. The molecule has 2 aromatic rings. The molecule has 1 aliphatic heterocycles. The fourth-order valence-corrected chi connectivity index (χ4v) is 3.73. The number of carbonyl (C=O) groups is 1. The number of likely N-dealkylation sites (tertiary alicyclic amines) is 1. The molecule has 1 fully saturated rings. The Morgan fingerprint density at radius 2 is 2.23 bits per heavy atom. The molecular weight excluding hydrogens is 296 g/mol. The van der Waals surface area contributed by atoms with E-state index in [1.54, 1.807) is 0 Å². The number of aromatic nitrogens is 3. The van der Waals surface area contributed by atoms with E-state index in [1.165, 1.54) is 17.1 Å². The molecule has 1 atom stereocenters. The summed E-state index contributed by atoms with van der Waals surface area (Å²) in [6.07, 6.45) is 8.56. The second-order valence-corrected chi connectivity index (χ2v) is 6.35. The van der Waals surface area contributed by atoms with E-state index in [1.807, 2.05) is 36.4 Å². The van der Waals surface area contributed by atoms with E-state index >= 15 is 0 Å². The van der Waals surface area contributed by atoms with Crippen LogP contribution in [0.15, 0.2) is 24.5 Å². The smallest absolute Gasteiger partial charge is 0.267 e. The maximum Gasteiger partial charge on any atom is 0.267 e. The first-order valence-electron chi connectivity index (χ1n) is 7.80. The van der Waals surface area contributed by atoms with Crippen LogP contribution in [0, 0.1) is 0 Å². The number of hydrogen-bond donors (Lipinski definition) is 0. The van der Waals surface area contributed by atoms with Crippen LogP contribution in [0.2, 0.25) is 0 Å². The van der Waals surface area contributed by atoms with Gasteiger partial charge in [0.05, 0.1) is 5.69 Å². The average Bonchev–Trinajstić information content (AvgIpc) is 3.22. The van der Waals surface area contributed by atoms with E-state index in [9.17, 15) is 4.79 Å². The molecule has 1 amide bonds. The lowest BCUT2D eigenvalue weighted by Crippen LogP contribution is -2.35. The second kappa shape index (κ2) is 6.96. The molecule has 6 heteroatoms. The summed E-state index contributed by atoms with van der Waals surface area (Å²) >= 11 is 1.23. The van der Waals surface area contributed by atoms with Gasteiger partial charge in [0.1, 0.15) is 4.88 Å². The third kappa shape index (κ3) is 3.16. The van der Waals surface area contributed by atoms with Crippen molar-refractivity contribution in [2.24, 2.45) is 0 Å². The molecule has 0 radical (unpaired) electrons. The molecule has 0 saturated carbocycles. The van der Waals surface area contributed by atoms with Crippen molar-refractivity contribution in [1.82, 2.24) is 19.5 Å². The van der Waals surface area contributed by atoms with Crippen LogP contribution < -0.4 is 0 Å². The van der Waals surface area contributed by atoms with Gasteiger partial charge < -0.3 is 4.90 Å². The predicted octanol–water partition coefficient (Wildman–Crippen LogP) is 2.73. The molecule has 0 N–H and O–H groups in total. The SMILES string of the molecule is CCc1nnsc1C(=O)N1CCCC1CCc1ccncc1. The Morgan fingerprint density at radius 1 is 1.41 bits per heavy atom. The lowest BCUT2D eigenvalue weighted by atomic mass is 10.0. The zero-order chi connectivity index (χ0) is 15.4. The van der Waals surface area contributed by atoms with Crippen LogP contribution >= 0.6 is 11.5 Å². The summed E-state index contributed by atoms with van der Waals surface area (Å²) < 4.78 is 3.94. The molecular formula is C16H20N4OS. The summed E-state index contributed by atoms with van der Waals surface area (Å²) in [6, 6.07) is 4.42. The minimum atomic E-state index is 0.115. The van der Waals surface area contributed by atoms with Crippen LogP contribution in [0.5, 0.6) is 0 Å². The van der Waals surface area contributed by atoms with Crippen LogP contribution in [-0.4, -0.2) is 38.0 Å². The molecule has 1 aliphatic rings. The lowest BCUT2D eigenvalue weighted by molar-refractivity contribution is 0.0734. The summed E-state index contributed by atoms with van der Waals surface area (Å²) in [6.45, 7) is 2.86. The van der Waals surface area contributed by atoms with Crippen LogP contribution in [0.3, 0.4) is 0 Å². The van der Waals surface area contributed by atoms with Crippen molar-refractivity contribution in [3.8, 4) is 0 Å². The van der Waals surface area contributed by atoms with Gasteiger partial charge in [0.2, 0.25) is 0 Å². The van der Waals surface area contributed by atoms with E-state index in [-0.39, 0.29) is 5.91 Å². The number of rotatable bonds is 5. The van der Waals surface area contributed by atoms with E-state index < -0.39 is 0 Å². The van der Waals surface area contributed by atoms with Gasteiger partial charge in [-0.1, -0.05) is 11.4 Å². The van der Waals surface area contributed by atoms with Gasteiger partial charge in [0.25, 0.3) is 5.91 Å². The first-order valence-corrected chi connectivity index (χ1v) is 8.58. The molecule has 3 heterocycles. The van der Waals surface area contributed by atoms with E-state index in [0.717, 1.165) is 49.2 Å². The number of aryl methyl sites for hydroxylation is 2. The zero-order valence-corrected chi connectivity index (χ0v) is 13.6. The van der Waals surface area contributed by atoms with Gasteiger partial charge in [-0.3, -0.25) is 9.78 Å². The van der Waals surface area contributed by atoms with Crippen molar-refractivity contribution < 1.29 is 4.79 Å². The molecule has 1 unspecified atom stereocenters. The predicted molar refractivity (Wildman–Crippen MR) is 85.9 cm³/mol. The Kier molecular flexibility index (Phi) is 4.77. The highest BCUT2D eigenvalue weighted by atomic mass is 32.1. The quantitative estimate of drug-likeness (QED) is 0.851. The van der Waals surface area contributed by atoms with Gasteiger partial charge in [-0.05, 0) is 61.3 Å². The summed E-state index contributed by atoms with van der Waals surface area (Å²) in [5, 5.41) is 4.06. The van der Waals surface area contributed by atoms with Crippen molar-refractivity contribution in [1.29, 1.82) is 0 Å². The molecule has 0 aromatic carbocycles. The van der Waals surface area contributed by atoms with Crippen molar-refractivity contribution in [2.45, 2.75) is 45.1 Å². The summed E-state index contributed by atoms with van der Waals surface area (Å²) in [4.78, 5) is 19.5. The molecule has 22 heavy (non-hydrogen) atoms. The van der Waals surface area contributed by atoms with E-state index in [4.69, 9.17) is 0 Å². The zero-order valence-electron chi connectivity index (χ0n) is 12.7. The Morgan fingerprint density at radius 3 is 3.00 bits per heavy atom. The maximum absolute atomic E-state index is 12.8. The van der Waals surface area contributed by atoms with Crippen LogP contribution in [0.25, 0.3) is 0 Å². The molecule has 2 aromatic heterocycles. The third-order valence-corrected chi connectivity index (χ3v) is 4.99. The van der Waals surface area contributed by atoms with Gasteiger partial charge in [0.15, 0.2) is 0 Å². The maximum atomic E-state index is 12.8. The number of nitrogens with zero attached hydrogens (tertiary/aromatic N) is 4. The lowest BCUT2D eigenvalue weighted by Gasteiger charge is -2.24. The van der Waals surface area contributed by atoms with E-state index in [2.05, 4.69) is 14.6 Å². The largest absolute Gasteiger partial charge is 0.335 e. The monoisotopic (exact) mass is 316 g/mol. The van der Waals surface area contributed by atoms with Crippen LogP contribution in [0.1, 0.15) is 47.1 Å². The first kappa shape index (κ1) is 15.1. The highest BCUT2D eigenvalue weighted by Gasteiger charge is 2.31. The highest BCUT2D eigenvalue weighted by Crippen LogP contribution is 2.25. The third-order valence-electron chi connectivity index (χ3n) is 4.24. The molecule has 3 rings (SSSR count). The second-order valence-electron chi connectivity index (χ2n) is 5.59. The molecule has 5 nitrogen and oxygen atoms in total. The number of pyridine rings is 1. The van der Waals surface area contributed by atoms with Gasteiger partial charge in [-0.25, -0.2) is 0 Å². The highest BCUT2D eigenvalue weighted by molar-refractivity contribution is 7.08. The van der Waals surface area contributed by atoms with Crippen molar-refractivity contribution >= 4 is 17.4 Å². The fourth-order valence-electron chi connectivity index (χ4n) is 3.02. The van der Waals surface area contributed by atoms with Crippen molar-refractivity contribution in [3.05, 3.63) is 40.7 Å². The Balaban J connectivity index is 1.66. The summed E-state index contributed by atoms with van der Waals surface area (Å²) in [5.41, 5.74) is 2.11. The fraction of sp³-hybridized carbons (Fsp3) is 0.500. The molecule has 0 aliphatic carbocycles. The summed E-state index contributed by atoms with van der Waals surface area (Å²) in [5.74, 6) is 0.115. The Hall–Kier alpha value is -1.82. The van der Waals surface area contributed by atoms with E-state index in [0.29, 0.717) is 6.04 Å². The minimum Gasteiger partial charge on any atom is -0.335 e. The topological polar surface area (TPSA) is 59.0 Å². The molecule has 0 bridgehead atoms. The standard InChI is InChI=1S/C16H20N4OS/c1-2-14-15(22-19-18-14)16(21)20-11-3-4-13(20)6-5-12-7-9-17-10-8-12/h7-10,13H,2-6,11H2,1H3. The molecule has 116 valence electrons. The number of carbonyl (C=O) groups excluding carboxylic acids is 1. The van der Waals surface area contributed by atoms with Crippen molar-refractivity contribution in [2.75, 3.05) is 6.54 Å². The van der Waals surface area contributed by atoms with Crippen molar-refractivity contribution in [3.63, 3.8) is 0 Å². The molecule has 1 saturated heterocycles. The normalized spacial score (nSPS) is 17.9. The van der Waals surface area contributed by atoms with Gasteiger partial charge in [-0.15, -0.1) is 5.10 Å². The van der Waals surface area contributed by atoms with Gasteiger partial charge in [-0.2, -0.15) is 0 Å². The van der Waals surface area contributed by atoms with Crippen LogP contribution in [-0.2, 0) is 12.8 Å². The average molecular weight is 316 g/mol. The van der Waals surface area contributed by atoms with Gasteiger partial charge >= 0.3 is 0 Å². The van der Waals surface area contributed by atoms with Crippen LogP contribution in [0.4, 0.5) is 0 Å². The number of amides is 1. The minimum absolute atomic E-state index is 0.115. The first-order chi connectivity index (χ1) is 10.8. The Labute approximate surface area is 134 Å². The number of hydrogen-bond acceptors (Lipinski definition) is 5. The van der Waals surface area contributed by atoms with Gasteiger partial charge in [0, 0.05) is 25.0 Å².